The van der Waals surface area contributed by atoms with E-state index in [1.807, 2.05) is 0 Å². The Morgan fingerprint density at radius 3 is 3.00 bits per heavy atom. The highest BCUT2D eigenvalue weighted by molar-refractivity contribution is 6.29. The van der Waals surface area contributed by atoms with Gasteiger partial charge in [0.25, 0.3) is 0 Å². The number of hydrogen-bond donors (Lipinski definition) is 1. The average Bonchev–Trinajstić information content (AvgIpc) is 2.71. The number of anilines is 1. The van der Waals surface area contributed by atoms with Crippen molar-refractivity contribution in [3.63, 3.8) is 0 Å². The zero-order chi connectivity index (χ0) is 10.5. The van der Waals surface area contributed by atoms with Crippen LogP contribution in [0.5, 0.6) is 0 Å². The Labute approximate surface area is 90.7 Å². The number of nitrogens with one attached hydrogen (secondary N) is 1. The molecule has 0 spiro atoms. The Kier molecular flexibility index (Phi) is 3.08. The van der Waals surface area contributed by atoms with Gasteiger partial charge in [0.2, 0.25) is 6.39 Å². The molecule has 0 saturated carbocycles. The quantitative estimate of drug-likeness (QED) is 0.787. The molecule has 7 heteroatoms. The van der Waals surface area contributed by atoms with Gasteiger partial charge in [-0.3, -0.25) is 0 Å². The van der Waals surface area contributed by atoms with E-state index in [9.17, 15) is 0 Å². The molecule has 0 bridgehead atoms. The maximum atomic E-state index is 5.69. The molecule has 6 nitrogen and oxygen atoms in total. The normalized spacial score (nSPS) is 10.2. The number of rotatable bonds is 4. The lowest BCUT2D eigenvalue weighted by Gasteiger charge is -2.02. The molecule has 0 amide bonds. The Bertz CT molecular complexity index is 419. The van der Waals surface area contributed by atoms with Crippen molar-refractivity contribution in [2.45, 2.75) is 6.42 Å². The Morgan fingerprint density at radius 2 is 2.27 bits per heavy atom. The third-order valence-corrected chi connectivity index (χ3v) is 1.90. The summed E-state index contributed by atoms with van der Waals surface area (Å²) in [6.45, 7) is 0.660. The number of aromatic nitrogens is 4. The van der Waals surface area contributed by atoms with Crippen LogP contribution in [0.3, 0.4) is 0 Å². The minimum Gasteiger partial charge on any atom is -0.369 e. The van der Waals surface area contributed by atoms with Crippen LogP contribution in [-0.2, 0) is 6.42 Å². The first-order valence-corrected chi connectivity index (χ1v) is 4.69. The van der Waals surface area contributed by atoms with Crippen molar-refractivity contribution in [3.8, 4) is 0 Å². The SMILES string of the molecule is Clc1cc(NCCc2ncon2)ncn1. The lowest BCUT2D eigenvalue weighted by Crippen LogP contribution is -2.07. The van der Waals surface area contributed by atoms with Crippen LogP contribution < -0.4 is 5.32 Å². The molecule has 0 aromatic carbocycles. The van der Waals surface area contributed by atoms with Crippen molar-refractivity contribution in [2.75, 3.05) is 11.9 Å². The van der Waals surface area contributed by atoms with Gasteiger partial charge in [0, 0.05) is 19.0 Å². The standard InChI is InChI=1S/C8H8ClN5O/c9-6-3-8(12-4-11-6)10-2-1-7-13-5-15-14-7/h3-5H,1-2H2,(H,10,11,12). The van der Waals surface area contributed by atoms with Crippen molar-refractivity contribution >= 4 is 17.4 Å². The molecular weight excluding hydrogens is 218 g/mol. The van der Waals surface area contributed by atoms with Gasteiger partial charge in [-0.05, 0) is 0 Å². The molecule has 0 aliphatic rings. The van der Waals surface area contributed by atoms with Crippen LogP contribution in [0.2, 0.25) is 5.15 Å². The lowest BCUT2D eigenvalue weighted by atomic mass is 10.4. The van der Waals surface area contributed by atoms with Crippen molar-refractivity contribution in [1.29, 1.82) is 0 Å². The van der Waals surface area contributed by atoms with E-state index >= 15 is 0 Å². The van der Waals surface area contributed by atoms with E-state index in [0.717, 1.165) is 0 Å². The highest BCUT2D eigenvalue weighted by Gasteiger charge is 1.99. The summed E-state index contributed by atoms with van der Waals surface area (Å²) in [6, 6.07) is 1.65. The molecule has 0 unspecified atom stereocenters. The summed E-state index contributed by atoms with van der Waals surface area (Å²) in [4.78, 5) is 11.6. The molecule has 0 aliphatic carbocycles. The zero-order valence-corrected chi connectivity index (χ0v) is 8.48. The molecule has 2 heterocycles. The van der Waals surface area contributed by atoms with Crippen molar-refractivity contribution < 1.29 is 4.52 Å². The van der Waals surface area contributed by atoms with E-state index < -0.39 is 0 Å². The third-order valence-electron chi connectivity index (χ3n) is 1.70. The van der Waals surface area contributed by atoms with Crippen LogP contribution in [0.1, 0.15) is 5.82 Å². The zero-order valence-electron chi connectivity index (χ0n) is 7.72. The minimum absolute atomic E-state index is 0.409. The Balaban J connectivity index is 1.83. The predicted molar refractivity (Wildman–Crippen MR) is 53.5 cm³/mol. The molecule has 0 fully saturated rings. The van der Waals surface area contributed by atoms with Crippen LogP contribution in [0.25, 0.3) is 0 Å². The molecular formula is C8H8ClN5O. The second-order valence-corrected chi connectivity index (χ2v) is 3.14. The van der Waals surface area contributed by atoms with Crippen LogP contribution >= 0.6 is 11.6 Å². The summed E-state index contributed by atoms with van der Waals surface area (Å²) in [7, 11) is 0. The smallest absolute Gasteiger partial charge is 0.213 e. The maximum Gasteiger partial charge on any atom is 0.213 e. The Morgan fingerprint density at radius 1 is 1.33 bits per heavy atom. The van der Waals surface area contributed by atoms with Crippen LogP contribution in [0.15, 0.2) is 23.3 Å². The summed E-state index contributed by atoms with van der Waals surface area (Å²) >= 11 is 5.69. The van der Waals surface area contributed by atoms with Crippen LogP contribution in [0.4, 0.5) is 5.82 Å². The molecule has 0 aliphatic heterocycles. The molecule has 0 atom stereocenters. The average molecular weight is 226 g/mol. The second-order valence-electron chi connectivity index (χ2n) is 2.75. The van der Waals surface area contributed by atoms with Gasteiger partial charge in [0.15, 0.2) is 5.82 Å². The van der Waals surface area contributed by atoms with Gasteiger partial charge in [-0.25, -0.2) is 9.97 Å². The van der Waals surface area contributed by atoms with E-state index in [1.165, 1.54) is 12.7 Å². The fourth-order valence-corrected chi connectivity index (χ4v) is 1.18. The highest BCUT2D eigenvalue weighted by Crippen LogP contribution is 2.08. The van der Waals surface area contributed by atoms with Crippen LogP contribution in [0, 0.1) is 0 Å². The van der Waals surface area contributed by atoms with Gasteiger partial charge in [-0.1, -0.05) is 16.8 Å². The summed E-state index contributed by atoms with van der Waals surface area (Å²) in [5, 5.41) is 7.16. The summed E-state index contributed by atoms with van der Waals surface area (Å²) < 4.78 is 4.60. The highest BCUT2D eigenvalue weighted by atomic mass is 35.5. The van der Waals surface area contributed by atoms with Gasteiger partial charge in [-0.15, -0.1) is 0 Å². The first kappa shape index (κ1) is 9.85. The summed E-state index contributed by atoms with van der Waals surface area (Å²) in [6.07, 6.45) is 3.37. The molecule has 1 N–H and O–H groups in total. The minimum atomic E-state index is 0.409. The molecule has 0 saturated heterocycles. The van der Waals surface area contributed by atoms with E-state index in [0.29, 0.717) is 29.8 Å². The van der Waals surface area contributed by atoms with E-state index in [1.54, 1.807) is 6.07 Å². The number of hydrogen-bond acceptors (Lipinski definition) is 6. The van der Waals surface area contributed by atoms with E-state index in [2.05, 4.69) is 29.9 Å². The molecule has 15 heavy (non-hydrogen) atoms. The van der Waals surface area contributed by atoms with Gasteiger partial charge in [0.05, 0.1) is 0 Å². The lowest BCUT2D eigenvalue weighted by molar-refractivity contribution is 0.410. The van der Waals surface area contributed by atoms with Crippen LogP contribution in [-0.4, -0.2) is 26.7 Å². The molecule has 2 rings (SSSR count). The topological polar surface area (TPSA) is 76.7 Å². The van der Waals surface area contributed by atoms with E-state index in [-0.39, 0.29) is 0 Å². The molecule has 2 aromatic heterocycles. The van der Waals surface area contributed by atoms with Gasteiger partial charge >= 0.3 is 0 Å². The molecule has 78 valence electrons. The largest absolute Gasteiger partial charge is 0.369 e. The van der Waals surface area contributed by atoms with E-state index in [4.69, 9.17) is 11.6 Å². The van der Waals surface area contributed by atoms with Crippen molar-refractivity contribution in [3.05, 3.63) is 29.8 Å². The van der Waals surface area contributed by atoms with Gasteiger partial charge in [0.1, 0.15) is 17.3 Å². The first-order chi connectivity index (χ1) is 7.34. The molecule has 0 radical (unpaired) electrons. The summed E-state index contributed by atoms with van der Waals surface area (Å²) in [5.74, 6) is 1.33. The predicted octanol–water partition coefficient (Wildman–Crippen LogP) is 1.17. The molecule has 2 aromatic rings. The number of halogens is 1. The maximum absolute atomic E-state index is 5.69. The second kappa shape index (κ2) is 4.70. The van der Waals surface area contributed by atoms with Gasteiger partial charge < -0.3 is 9.84 Å². The summed E-state index contributed by atoms with van der Waals surface area (Å²) in [5.41, 5.74) is 0. The van der Waals surface area contributed by atoms with Crippen molar-refractivity contribution in [2.24, 2.45) is 0 Å². The third kappa shape index (κ3) is 2.88. The van der Waals surface area contributed by atoms with Crippen molar-refractivity contribution in [1.82, 2.24) is 20.1 Å². The fourth-order valence-electron chi connectivity index (χ4n) is 1.04. The monoisotopic (exact) mass is 225 g/mol. The fraction of sp³-hybridized carbons (Fsp3) is 0.250. The first-order valence-electron chi connectivity index (χ1n) is 4.31. The van der Waals surface area contributed by atoms with Gasteiger partial charge in [-0.2, -0.15) is 4.98 Å². The Hall–Kier alpha value is -1.69. The number of nitrogens with zero attached hydrogens (tertiary/aromatic N) is 4.